The minimum Gasteiger partial charge on any atom is -0.486 e. The van der Waals surface area contributed by atoms with Crippen molar-refractivity contribution in [3.63, 3.8) is 0 Å². The van der Waals surface area contributed by atoms with Crippen molar-refractivity contribution in [2.75, 3.05) is 11.1 Å². The van der Waals surface area contributed by atoms with Crippen molar-refractivity contribution in [1.82, 2.24) is 14.8 Å². The number of aromatic nitrogens is 3. The molecule has 0 unspecified atom stereocenters. The fraction of sp³-hybridized carbons (Fsp3) is 0.190. The number of amides is 1. The molecular weight excluding hydrogens is 484 g/mol. The molecular formula is C21H17ClF4N4O2S. The van der Waals surface area contributed by atoms with Gasteiger partial charge in [0, 0.05) is 12.6 Å². The normalized spacial score (nSPS) is 11.3. The first kappa shape index (κ1) is 24.6. The van der Waals surface area contributed by atoms with Gasteiger partial charge < -0.3 is 10.1 Å². The van der Waals surface area contributed by atoms with E-state index in [0.29, 0.717) is 23.3 Å². The van der Waals surface area contributed by atoms with Crippen LogP contribution < -0.4 is 10.1 Å². The molecule has 0 spiro atoms. The Morgan fingerprint density at radius 2 is 2.00 bits per heavy atom. The molecule has 0 aliphatic carbocycles. The lowest BCUT2D eigenvalue weighted by Gasteiger charge is -2.13. The number of anilines is 1. The third-order valence-corrected chi connectivity index (χ3v) is 5.46. The standard InChI is InChI=1S/C21H17ClF4N4O2S/c1-2-9-30-18(11-32-13-7-8-16(23)15(22)10-13)28-29-20(30)33-12-19(31)27-17-6-4-3-5-14(17)21(24,25)26/h2-8,10H,1,9,11-12H2,(H,27,31). The van der Waals surface area contributed by atoms with Crippen LogP contribution >= 0.6 is 23.4 Å². The third-order valence-electron chi connectivity index (χ3n) is 4.20. The van der Waals surface area contributed by atoms with Crippen molar-refractivity contribution in [3.05, 3.63) is 77.3 Å². The van der Waals surface area contributed by atoms with Gasteiger partial charge in [0.05, 0.1) is 22.0 Å². The second-order valence-corrected chi connectivity index (χ2v) is 7.89. The van der Waals surface area contributed by atoms with E-state index in [1.807, 2.05) is 0 Å². The Balaban J connectivity index is 1.65. The molecule has 1 aromatic heterocycles. The third kappa shape index (κ3) is 6.48. The highest BCUT2D eigenvalue weighted by atomic mass is 35.5. The highest BCUT2D eigenvalue weighted by Gasteiger charge is 2.33. The van der Waals surface area contributed by atoms with Crippen LogP contribution in [-0.4, -0.2) is 26.4 Å². The molecule has 2 aromatic carbocycles. The molecule has 3 rings (SSSR count). The first-order valence-electron chi connectivity index (χ1n) is 9.38. The number of allylic oxidation sites excluding steroid dienone is 1. The maximum Gasteiger partial charge on any atom is 0.418 e. The second-order valence-electron chi connectivity index (χ2n) is 6.54. The molecule has 0 aliphatic heterocycles. The Bertz CT molecular complexity index is 1150. The molecule has 0 saturated carbocycles. The average molecular weight is 501 g/mol. The lowest BCUT2D eigenvalue weighted by Crippen LogP contribution is -2.18. The van der Waals surface area contributed by atoms with Gasteiger partial charge in [0.25, 0.3) is 0 Å². The van der Waals surface area contributed by atoms with E-state index in [9.17, 15) is 22.4 Å². The number of alkyl halides is 3. The zero-order chi connectivity index (χ0) is 24.0. The maximum atomic E-state index is 13.3. The molecule has 3 aromatic rings. The first-order valence-corrected chi connectivity index (χ1v) is 10.7. The van der Waals surface area contributed by atoms with Gasteiger partial charge >= 0.3 is 6.18 Å². The molecule has 0 fully saturated rings. The summed E-state index contributed by atoms with van der Waals surface area (Å²) in [4.78, 5) is 12.3. The highest BCUT2D eigenvalue weighted by molar-refractivity contribution is 7.99. The summed E-state index contributed by atoms with van der Waals surface area (Å²) in [5, 5.41) is 10.6. The molecule has 1 N–H and O–H groups in total. The Kier molecular flexibility index (Phi) is 7.98. The number of benzene rings is 2. The number of carbonyl (C=O) groups excluding carboxylic acids is 1. The number of ether oxygens (including phenoxy) is 1. The van der Waals surface area contributed by atoms with E-state index in [-0.39, 0.29) is 23.1 Å². The number of halogens is 5. The Morgan fingerprint density at radius 1 is 1.24 bits per heavy atom. The van der Waals surface area contributed by atoms with E-state index in [2.05, 4.69) is 22.1 Å². The number of hydrogen-bond acceptors (Lipinski definition) is 5. The van der Waals surface area contributed by atoms with Gasteiger partial charge in [-0.25, -0.2) is 4.39 Å². The van der Waals surface area contributed by atoms with Crippen molar-refractivity contribution in [1.29, 1.82) is 0 Å². The molecule has 174 valence electrons. The van der Waals surface area contributed by atoms with Gasteiger partial charge in [0.15, 0.2) is 11.0 Å². The molecule has 0 bridgehead atoms. The lowest BCUT2D eigenvalue weighted by molar-refractivity contribution is -0.137. The Morgan fingerprint density at radius 3 is 2.70 bits per heavy atom. The Labute approximate surface area is 195 Å². The fourth-order valence-electron chi connectivity index (χ4n) is 2.72. The summed E-state index contributed by atoms with van der Waals surface area (Å²) in [7, 11) is 0. The second kappa shape index (κ2) is 10.7. The molecule has 6 nitrogen and oxygen atoms in total. The summed E-state index contributed by atoms with van der Waals surface area (Å²) in [6, 6.07) is 8.63. The van der Waals surface area contributed by atoms with E-state index >= 15 is 0 Å². The maximum absolute atomic E-state index is 13.3. The van der Waals surface area contributed by atoms with Crippen LogP contribution in [0.3, 0.4) is 0 Å². The van der Waals surface area contributed by atoms with Crippen LogP contribution in [0.15, 0.2) is 60.3 Å². The van der Waals surface area contributed by atoms with Crippen LogP contribution in [0, 0.1) is 5.82 Å². The molecule has 0 radical (unpaired) electrons. The van der Waals surface area contributed by atoms with Gasteiger partial charge in [0.1, 0.15) is 18.2 Å². The lowest BCUT2D eigenvalue weighted by atomic mass is 10.1. The molecule has 0 saturated heterocycles. The van der Waals surface area contributed by atoms with Gasteiger partial charge in [-0.3, -0.25) is 9.36 Å². The molecule has 1 heterocycles. The van der Waals surface area contributed by atoms with E-state index < -0.39 is 23.5 Å². The van der Waals surface area contributed by atoms with Crippen molar-refractivity contribution < 1.29 is 27.1 Å². The summed E-state index contributed by atoms with van der Waals surface area (Å²) >= 11 is 6.74. The van der Waals surface area contributed by atoms with Crippen molar-refractivity contribution >= 4 is 35.0 Å². The van der Waals surface area contributed by atoms with Crippen LogP contribution in [-0.2, 0) is 24.1 Å². The predicted molar refractivity (Wildman–Crippen MR) is 117 cm³/mol. The van der Waals surface area contributed by atoms with Crippen molar-refractivity contribution in [3.8, 4) is 5.75 Å². The van der Waals surface area contributed by atoms with Crippen LogP contribution in [0.1, 0.15) is 11.4 Å². The summed E-state index contributed by atoms with van der Waals surface area (Å²) < 4.78 is 59.8. The Hall–Kier alpha value is -3.05. The fourth-order valence-corrected chi connectivity index (χ4v) is 3.65. The van der Waals surface area contributed by atoms with Crippen LogP contribution in [0.25, 0.3) is 0 Å². The first-order chi connectivity index (χ1) is 15.7. The van der Waals surface area contributed by atoms with Crippen molar-refractivity contribution in [2.45, 2.75) is 24.5 Å². The van der Waals surface area contributed by atoms with Crippen LogP contribution in [0.4, 0.5) is 23.2 Å². The number of nitrogens with zero attached hydrogens (tertiary/aromatic N) is 3. The number of carbonyl (C=O) groups is 1. The summed E-state index contributed by atoms with van der Waals surface area (Å²) in [6.07, 6.45) is -3.00. The van der Waals surface area contributed by atoms with Gasteiger partial charge in [-0.05, 0) is 24.3 Å². The SMILES string of the molecule is C=CCn1c(COc2ccc(F)c(Cl)c2)nnc1SCC(=O)Nc1ccccc1C(F)(F)F. The van der Waals surface area contributed by atoms with Gasteiger partial charge in [0.2, 0.25) is 5.91 Å². The van der Waals surface area contributed by atoms with Crippen LogP contribution in [0.5, 0.6) is 5.75 Å². The number of thioether (sulfide) groups is 1. The highest BCUT2D eigenvalue weighted by Crippen LogP contribution is 2.34. The largest absolute Gasteiger partial charge is 0.486 e. The number of nitrogens with one attached hydrogen (secondary N) is 1. The van der Waals surface area contributed by atoms with E-state index in [0.717, 1.165) is 17.8 Å². The zero-order valence-corrected chi connectivity index (χ0v) is 18.5. The monoisotopic (exact) mass is 500 g/mol. The molecule has 12 heteroatoms. The van der Waals surface area contributed by atoms with Crippen molar-refractivity contribution in [2.24, 2.45) is 0 Å². The number of para-hydroxylation sites is 1. The summed E-state index contributed by atoms with van der Waals surface area (Å²) in [5.41, 5.74) is -1.26. The zero-order valence-electron chi connectivity index (χ0n) is 16.9. The number of hydrogen-bond donors (Lipinski definition) is 1. The smallest absolute Gasteiger partial charge is 0.418 e. The summed E-state index contributed by atoms with van der Waals surface area (Å²) in [6.45, 7) is 3.95. The van der Waals surface area contributed by atoms with E-state index in [1.165, 1.54) is 36.4 Å². The molecule has 33 heavy (non-hydrogen) atoms. The van der Waals surface area contributed by atoms with Gasteiger partial charge in [-0.15, -0.1) is 16.8 Å². The molecule has 1 amide bonds. The predicted octanol–water partition coefficient (Wildman–Crippen LogP) is 5.59. The minimum absolute atomic E-state index is 0.0193. The van der Waals surface area contributed by atoms with Gasteiger partial charge in [-0.2, -0.15) is 13.2 Å². The van der Waals surface area contributed by atoms with Crippen LogP contribution in [0.2, 0.25) is 5.02 Å². The number of rotatable bonds is 9. The van der Waals surface area contributed by atoms with Gasteiger partial charge in [-0.1, -0.05) is 41.6 Å². The minimum atomic E-state index is -4.59. The average Bonchev–Trinajstić information content (AvgIpc) is 3.14. The topological polar surface area (TPSA) is 69.0 Å². The summed E-state index contributed by atoms with van der Waals surface area (Å²) in [5.74, 6) is -0.681. The molecule has 0 atom stereocenters. The van der Waals surface area contributed by atoms with E-state index in [1.54, 1.807) is 10.6 Å². The van der Waals surface area contributed by atoms with E-state index in [4.69, 9.17) is 16.3 Å². The quantitative estimate of drug-likeness (QED) is 0.236. The molecule has 0 aliphatic rings.